The van der Waals surface area contributed by atoms with Crippen molar-refractivity contribution in [3.8, 4) is 0 Å². The van der Waals surface area contributed by atoms with Gasteiger partial charge in [-0.15, -0.1) is 0 Å². The van der Waals surface area contributed by atoms with Crippen LogP contribution in [0.15, 0.2) is 46.3 Å². The molecule has 5 nitrogen and oxygen atoms in total. The van der Waals surface area contributed by atoms with Gasteiger partial charge >= 0.3 is 0 Å². The van der Waals surface area contributed by atoms with E-state index in [1.165, 1.54) is 46.7 Å². The van der Waals surface area contributed by atoms with Crippen molar-refractivity contribution in [1.82, 2.24) is 4.57 Å². The van der Waals surface area contributed by atoms with E-state index in [0.29, 0.717) is 9.82 Å². The van der Waals surface area contributed by atoms with Gasteiger partial charge in [-0.25, -0.2) is 8.42 Å². The van der Waals surface area contributed by atoms with Gasteiger partial charge in [0.2, 0.25) is 5.91 Å². The van der Waals surface area contributed by atoms with Crippen molar-refractivity contribution in [3.05, 3.63) is 57.3 Å². The number of hydrogen-bond donors (Lipinski definition) is 0. The van der Waals surface area contributed by atoms with Crippen LogP contribution in [0.3, 0.4) is 0 Å². The van der Waals surface area contributed by atoms with Crippen LogP contribution in [-0.4, -0.2) is 24.6 Å². The Morgan fingerprint density at radius 3 is 2.45 bits per heavy atom. The van der Waals surface area contributed by atoms with Crippen molar-refractivity contribution in [2.45, 2.75) is 45.1 Å². The highest BCUT2D eigenvalue weighted by Crippen LogP contribution is 2.22. The van der Waals surface area contributed by atoms with Crippen LogP contribution in [0.2, 0.25) is 5.02 Å². The summed E-state index contributed by atoms with van der Waals surface area (Å²) in [7, 11) is -3.56. The van der Waals surface area contributed by atoms with E-state index >= 15 is 0 Å². The predicted molar refractivity (Wildman–Crippen MR) is 118 cm³/mol. The Morgan fingerprint density at radius 2 is 1.79 bits per heavy atom. The highest BCUT2D eigenvalue weighted by atomic mass is 35.5. The number of amides is 1. The predicted octanol–water partition coefficient (Wildman–Crippen LogP) is 4.67. The maximum Gasteiger partial charge on any atom is 0.249 e. The quantitative estimate of drug-likeness (QED) is 0.547. The summed E-state index contributed by atoms with van der Waals surface area (Å²) in [5.41, 5.74) is 3.43. The van der Waals surface area contributed by atoms with Gasteiger partial charge in [0.25, 0.3) is 0 Å². The maximum atomic E-state index is 12.5. The molecule has 0 radical (unpaired) electrons. The average Bonchev–Trinajstić information content (AvgIpc) is 2.97. The lowest BCUT2D eigenvalue weighted by atomic mass is 10.1. The third kappa shape index (κ3) is 4.97. The molecule has 0 saturated carbocycles. The number of nitrogens with zero attached hydrogens (tertiary/aromatic N) is 2. The summed E-state index contributed by atoms with van der Waals surface area (Å²) in [5, 5.41) is 0.464. The van der Waals surface area contributed by atoms with Crippen LogP contribution in [0.4, 0.5) is 0 Å². The minimum atomic E-state index is -3.56. The Hall–Kier alpha value is -1.96. The zero-order valence-electron chi connectivity index (χ0n) is 16.6. The van der Waals surface area contributed by atoms with Crippen molar-refractivity contribution in [1.29, 1.82) is 0 Å². The van der Waals surface area contributed by atoms with Gasteiger partial charge in [0.05, 0.1) is 20.9 Å². The van der Waals surface area contributed by atoms with Gasteiger partial charge < -0.3 is 4.57 Å². The summed E-state index contributed by atoms with van der Waals surface area (Å²) in [6.45, 7) is 6.94. The summed E-state index contributed by atoms with van der Waals surface area (Å²) < 4.78 is 28.0. The number of thiazole rings is 1. The molecule has 0 atom stereocenters. The molecule has 0 aliphatic heterocycles. The van der Waals surface area contributed by atoms with Crippen molar-refractivity contribution < 1.29 is 13.2 Å². The minimum Gasteiger partial charge on any atom is -0.316 e. The first-order valence-corrected chi connectivity index (χ1v) is 12.2. The molecule has 0 N–H and O–H groups in total. The smallest absolute Gasteiger partial charge is 0.249 e. The number of carbonyl (C=O) groups excluding carboxylic acids is 1. The lowest BCUT2D eigenvalue weighted by Gasteiger charge is -2.05. The molecule has 0 spiro atoms. The first-order valence-electron chi connectivity index (χ1n) is 9.37. The van der Waals surface area contributed by atoms with Crippen molar-refractivity contribution in [2.24, 2.45) is 4.99 Å². The third-order valence-corrected chi connectivity index (χ3v) is 7.75. The lowest BCUT2D eigenvalue weighted by molar-refractivity contribution is -0.117. The molecule has 8 heteroatoms. The van der Waals surface area contributed by atoms with E-state index < -0.39 is 15.7 Å². The van der Waals surface area contributed by atoms with E-state index in [-0.39, 0.29) is 17.1 Å². The normalized spacial score (nSPS) is 12.6. The average molecular weight is 451 g/mol. The first-order chi connectivity index (χ1) is 13.7. The molecule has 1 aromatic heterocycles. The maximum absolute atomic E-state index is 12.5. The van der Waals surface area contributed by atoms with Crippen LogP contribution in [0.1, 0.15) is 30.9 Å². The molecule has 0 aliphatic carbocycles. The van der Waals surface area contributed by atoms with Crippen LogP contribution >= 0.6 is 22.9 Å². The van der Waals surface area contributed by atoms with Gasteiger partial charge in [-0.05, 0) is 67.8 Å². The Kier molecular flexibility index (Phi) is 6.61. The van der Waals surface area contributed by atoms with Crippen LogP contribution in [0.5, 0.6) is 0 Å². The summed E-state index contributed by atoms with van der Waals surface area (Å²) in [6.07, 6.45) is 0.745. The van der Waals surface area contributed by atoms with Crippen LogP contribution in [0, 0.1) is 13.8 Å². The Balaban J connectivity index is 1.87. The molecule has 154 valence electrons. The van der Waals surface area contributed by atoms with Crippen LogP contribution < -0.4 is 4.80 Å². The molecule has 3 aromatic rings. The second-order valence-corrected chi connectivity index (χ2v) is 10.5. The van der Waals surface area contributed by atoms with Crippen molar-refractivity contribution in [3.63, 3.8) is 0 Å². The number of rotatable bonds is 6. The van der Waals surface area contributed by atoms with Crippen LogP contribution in [-0.2, 0) is 21.2 Å². The van der Waals surface area contributed by atoms with E-state index in [1.54, 1.807) is 0 Å². The minimum absolute atomic E-state index is 0.156. The highest BCUT2D eigenvalue weighted by molar-refractivity contribution is 7.91. The van der Waals surface area contributed by atoms with Crippen LogP contribution in [0.25, 0.3) is 10.2 Å². The van der Waals surface area contributed by atoms with Gasteiger partial charge in [0, 0.05) is 18.0 Å². The lowest BCUT2D eigenvalue weighted by Crippen LogP contribution is -2.18. The number of hydrogen-bond acceptors (Lipinski definition) is 4. The molecule has 2 aromatic carbocycles. The number of halogens is 1. The monoisotopic (exact) mass is 450 g/mol. The summed E-state index contributed by atoms with van der Waals surface area (Å²) >= 11 is 7.27. The summed E-state index contributed by atoms with van der Waals surface area (Å²) in [6, 6.07) is 10.2. The fourth-order valence-electron chi connectivity index (χ4n) is 2.99. The van der Waals surface area contributed by atoms with E-state index in [1.807, 2.05) is 4.57 Å². The molecule has 0 fully saturated rings. The molecule has 0 saturated heterocycles. The standard InChI is InChI=1S/C21H23ClN2O3S2/c1-4-10-24-18-12-14(2)15(3)13-19(18)28-21(24)23-20(25)9-11-29(26,27)17-7-5-16(22)6-8-17/h5-8,12-13H,4,9-11H2,1-3H3. The van der Waals surface area contributed by atoms with E-state index in [0.717, 1.165) is 23.2 Å². The highest BCUT2D eigenvalue weighted by Gasteiger charge is 2.17. The number of fused-ring (bicyclic) bond motifs is 1. The second-order valence-electron chi connectivity index (χ2n) is 6.97. The van der Waals surface area contributed by atoms with E-state index in [2.05, 4.69) is 37.9 Å². The molecule has 0 unspecified atom stereocenters. The Labute approximate surface area is 179 Å². The zero-order chi connectivity index (χ0) is 21.2. The molecule has 1 amide bonds. The van der Waals surface area contributed by atoms with Gasteiger partial charge in [-0.3, -0.25) is 4.79 Å². The first kappa shape index (κ1) is 21.7. The second kappa shape index (κ2) is 8.81. The fourth-order valence-corrected chi connectivity index (χ4v) is 5.50. The Bertz CT molecular complexity index is 1220. The number of carbonyl (C=O) groups is 1. The van der Waals surface area contributed by atoms with Gasteiger partial charge in [-0.2, -0.15) is 4.99 Å². The molecular weight excluding hydrogens is 428 g/mol. The van der Waals surface area contributed by atoms with Crippen molar-refractivity contribution >= 4 is 48.9 Å². The number of aryl methyl sites for hydroxylation is 3. The number of sulfone groups is 1. The summed E-state index contributed by atoms with van der Waals surface area (Å²) in [4.78, 5) is 17.5. The number of benzene rings is 2. The van der Waals surface area contributed by atoms with E-state index in [4.69, 9.17) is 11.6 Å². The summed E-state index contributed by atoms with van der Waals surface area (Å²) in [5.74, 6) is -0.721. The zero-order valence-corrected chi connectivity index (χ0v) is 19.0. The third-order valence-electron chi connectivity index (χ3n) is 4.72. The largest absolute Gasteiger partial charge is 0.316 e. The molecular formula is C21H23ClN2O3S2. The van der Waals surface area contributed by atoms with E-state index in [9.17, 15) is 13.2 Å². The van der Waals surface area contributed by atoms with Gasteiger partial charge in [0.15, 0.2) is 14.6 Å². The van der Waals surface area contributed by atoms with Crippen molar-refractivity contribution in [2.75, 3.05) is 5.75 Å². The fraction of sp³-hybridized carbons (Fsp3) is 0.333. The SMILES string of the molecule is CCCn1c(=NC(=O)CCS(=O)(=O)c2ccc(Cl)cc2)sc2cc(C)c(C)cc21. The van der Waals surface area contributed by atoms with Gasteiger partial charge in [0.1, 0.15) is 0 Å². The molecule has 0 aliphatic rings. The molecule has 3 rings (SSSR count). The van der Waals surface area contributed by atoms with Gasteiger partial charge in [-0.1, -0.05) is 29.9 Å². The molecule has 0 bridgehead atoms. The molecule has 29 heavy (non-hydrogen) atoms. The Morgan fingerprint density at radius 1 is 1.14 bits per heavy atom. The number of aromatic nitrogens is 1. The topological polar surface area (TPSA) is 68.5 Å². The molecule has 1 heterocycles.